The van der Waals surface area contributed by atoms with Crippen LogP contribution in [0.15, 0.2) is 36.7 Å². The summed E-state index contributed by atoms with van der Waals surface area (Å²) < 4.78 is 116. The molecule has 1 aromatic carbocycles. The van der Waals surface area contributed by atoms with Gasteiger partial charge in [-0.2, -0.15) is 36.7 Å². The number of aromatic nitrogens is 3. The SMILES string of the molecule is N#Cc1nn(-c2c(Cl)cc(C(F)(F)F)cc2Cl)c(NC(=O)OCc2cccnc2)c1C1(C(F)(F)F)CC1(F)F. The van der Waals surface area contributed by atoms with E-state index in [0.717, 1.165) is 0 Å². The number of anilines is 1. The Balaban J connectivity index is 1.90. The summed E-state index contributed by atoms with van der Waals surface area (Å²) in [6.45, 7) is -0.462. The lowest BCUT2D eigenvalue weighted by molar-refractivity contribution is -0.182. The first-order chi connectivity index (χ1) is 18.0. The lowest BCUT2D eigenvalue weighted by atomic mass is 9.93. The average molecular weight is 600 g/mol. The molecule has 206 valence electrons. The number of ether oxygens (including phenoxy) is 1. The number of alkyl halides is 8. The molecular weight excluding hydrogens is 589 g/mol. The molecule has 7 nitrogen and oxygen atoms in total. The van der Waals surface area contributed by atoms with Crippen LogP contribution in [0, 0.1) is 11.3 Å². The first-order valence-electron chi connectivity index (χ1n) is 10.4. The number of pyridine rings is 1. The maximum atomic E-state index is 14.4. The van der Waals surface area contributed by atoms with E-state index in [1.807, 2.05) is 5.32 Å². The third-order valence-electron chi connectivity index (χ3n) is 5.76. The first-order valence-corrected chi connectivity index (χ1v) is 11.2. The van der Waals surface area contributed by atoms with Gasteiger partial charge in [-0.1, -0.05) is 29.3 Å². The summed E-state index contributed by atoms with van der Waals surface area (Å²) in [4.78, 5) is 16.3. The minimum Gasteiger partial charge on any atom is -0.444 e. The van der Waals surface area contributed by atoms with Gasteiger partial charge in [0.25, 0.3) is 5.92 Å². The molecule has 1 saturated carbocycles. The molecule has 0 spiro atoms. The highest BCUT2D eigenvalue weighted by molar-refractivity contribution is 6.38. The number of benzene rings is 1. The van der Waals surface area contributed by atoms with Crippen LogP contribution in [-0.4, -0.2) is 33.0 Å². The Morgan fingerprint density at radius 3 is 2.26 bits per heavy atom. The molecule has 2 heterocycles. The van der Waals surface area contributed by atoms with E-state index < -0.39 is 81.2 Å². The number of carbonyl (C=O) groups excluding carboxylic acids is 1. The monoisotopic (exact) mass is 599 g/mol. The number of nitriles is 1. The summed E-state index contributed by atoms with van der Waals surface area (Å²) in [6, 6.07) is 4.93. The van der Waals surface area contributed by atoms with Gasteiger partial charge in [0.1, 0.15) is 24.2 Å². The Morgan fingerprint density at radius 2 is 1.79 bits per heavy atom. The topological polar surface area (TPSA) is 92.8 Å². The fourth-order valence-corrected chi connectivity index (χ4v) is 4.53. The Morgan fingerprint density at radius 1 is 1.18 bits per heavy atom. The highest BCUT2D eigenvalue weighted by atomic mass is 35.5. The van der Waals surface area contributed by atoms with E-state index in [-0.39, 0.29) is 4.68 Å². The molecule has 4 rings (SSSR count). The van der Waals surface area contributed by atoms with Gasteiger partial charge in [0.2, 0.25) is 0 Å². The number of hydrogen-bond acceptors (Lipinski definition) is 5. The Bertz CT molecular complexity index is 1460. The van der Waals surface area contributed by atoms with Crippen molar-refractivity contribution in [3.05, 3.63) is 69.1 Å². The van der Waals surface area contributed by atoms with Gasteiger partial charge in [-0.25, -0.2) is 18.3 Å². The molecule has 1 fully saturated rings. The smallest absolute Gasteiger partial charge is 0.416 e. The fraction of sp³-hybridized carbons (Fsp3) is 0.273. The summed E-state index contributed by atoms with van der Waals surface area (Å²) >= 11 is 11.9. The van der Waals surface area contributed by atoms with E-state index in [1.165, 1.54) is 30.6 Å². The minimum atomic E-state index is -5.65. The molecular formula is C22H11Cl2F8N5O2. The number of hydrogen-bond donors (Lipinski definition) is 1. The predicted molar refractivity (Wildman–Crippen MR) is 119 cm³/mol. The quantitative estimate of drug-likeness (QED) is 0.317. The maximum absolute atomic E-state index is 14.4. The molecule has 39 heavy (non-hydrogen) atoms. The summed E-state index contributed by atoms with van der Waals surface area (Å²) in [5.41, 5.74) is -8.33. The number of amides is 1. The molecule has 1 atom stereocenters. The second-order valence-electron chi connectivity index (χ2n) is 8.23. The van der Waals surface area contributed by atoms with Crippen LogP contribution in [-0.2, 0) is 22.9 Å². The average Bonchev–Trinajstić information content (AvgIpc) is 3.26. The standard InChI is InChI=1S/C22H11Cl2F8N5O2/c23-12-4-11(21(27,28)29)5-13(24)16(12)37-17(35-18(38)39-8-10-2-1-3-34-7-10)15(14(6-33)36-37)19(22(30,31)32)9-20(19,25)26/h1-5,7H,8-9H2,(H,35,38). The zero-order chi connectivity index (χ0) is 29.0. The molecule has 2 aromatic heterocycles. The molecule has 0 radical (unpaired) electrons. The zero-order valence-electron chi connectivity index (χ0n) is 18.8. The van der Waals surface area contributed by atoms with Gasteiger partial charge in [0.05, 0.1) is 21.2 Å². The van der Waals surface area contributed by atoms with Crippen molar-refractivity contribution in [1.82, 2.24) is 14.8 Å². The van der Waals surface area contributed by atoms with Crippen LogP contribution < -0.4 is 5.32 Å². The Labute approximate surface area is 222 Å². The fourth-order valence-electron chi connectivity index (χ4n) is 3.88. The number of nitrogens with zero attached hydrogens (tertiary/aromatic N) is 4. The predicted octanol–water partition coefficient (Wildman–Crippen LogP) is 7.05. The van der Waals surface area contributed by atoms with Gasteiger partial charge in [-0.3, -0.25) is 10.3 Å². The van der Waals surface area contributed by atoms with Crippen LogP contribution in [0.4, 0.5) is 45.7 Å². The molecule has 1 N–H and O–H groups in total. The number of halogens is 10. The number of nitrogens with one attached hydrogen (secondary N) is 1. The largest absolute Gasteiger partial charge is 0.444 e. The van der Waals surface area contributed by atoms with Gasteiger partial charge in [-0.05, 0) is 18.2 Å². The number of carbonyl (C=O) groups is 1. The summed E-state index contributed by atoms with van der Waals surface area (Å²) in [6.07, 6.45) is -11.2. The molecule has 0 bridgehead atoms. The van der Waals surface area contributed by atoms with E-state index in [2.05, 4.69) is 10.1 Å². The summed E-state index contributed by atoms with van der Waals surface area (Å²) in [7, 11) is 0. The van der Waals surface area contributed by atoms with E-state index in [9.17, 15) is 45.2 Å². The Hall–Kier alpha value is -3.64. The molecule has 0 aliphatic heterocycles. The highest BCUT2D eigenvalue weighted by Gasteiger charge is 2.86. The van der Waals surface area contributed by atoms with Crippen molar-refractivity contribution in [1.29, 1.82) is 5.26 Å². The molecule has 3 aromatic rings. The molecule has 1 aliphatic carbocycles. The van der Waals surface area contributed by atoms with E-state index in [0.29, 0.717) is 17.7 Å². The third kappa shape index (κ3) is 4.94. The lowest BCUT2D eigenvalue weighted by Gasteiger charge is -2.22. The normalized spacial score (nSPS) is 18.4. The van der Waals surface area contributed by atoms with Gasteiger partial charge < -0.3 is 4.74 Å². The van der Waals surface area contributed by atoms with Crippen molar-refractivity contribution in [2.75, 3.05) is 5.32 Å². The van der Waals surface area contributed by atoms with Crippen LogP contribution in [0.5, 0.6) is 0 Å². The van der Waals surface area contributed by atoms with E-state index in [1.54, 1.807) is 0 Å². The molecule has 1 amide bonds. The van der Waals surface area contributed by atoms with Gasteiger partial charge in [0.15, 0.2) is 11.1 Å². The highest BCUT2D eigenvalue weighted by Crippen LogP contribution is 2.70. The van der Waals surface area contributed by atoms with Crippen molar-refractivity contribution in [2.24, 2.45) is 0 Å². The molecule has 1 aliphatic rings. The zero-order valence-corrected chi connectivity index (χ0v) is 20.3. The molecule has 1 unspecified atom stereocenters. The van der Waals surface area contributed by atoms with Gasteiger partial charge >= 0.3 is 18.4 Å². The van der Waals surface area contributed by atoms with Crippen molar-refractivity contribution in [3.63, 3.8) is 0 Å². The molecule has 0 saturated heterocycles. The second-order valence-corrected chi connectivity index (χ2v) is 9.04. The second kappa shape index (κ2) is 9.53. The molecule has 17 heteroatoms. The van der Waals surface area contributed by atoms with Crippen LogP contribution in [0.2, 0.25) is 10.0 Å². The van der Waals surface area contributed by atoms with Crippen LogP contribution in [0.1, 0.15) is 28.8 Å². The van der Waals surface area contributed by atoms with Crippen molar-refractivity contribution < 1.29 is 44.7 Å². The minimum absolute atomic E-state index is 0.284. The van der Waals surface area contributed by atoms with Crippen LogP contribution in [0.25, 0.3) is 5.69 Å². The summed E-state index contributed by atoms with van der Waals surface area (Å²) in [5, 5.41) is 13.3. The van der Waals surface area contributed by atoms with Crippen molar-refractivity contribution in [2.45, 2.75) is 36.7 Å². The lowest BCUT2D eigenvalue weighted by Crippen LogP contribution is -2.36. The van der Waals surface area contributed by atoms with E-state index in [4.69, 9.17) is 27.9 Å². The van der Waals surface area contributed by atoms with Crippen LogP contribution in [0.3, 0.4) is 0 Å². The van der Waals surface area contributed by atoms with Gasteiger partial charge in [0, 0.05) is 24.4 Å². The van der Waals surface area contributed by atoms with E-state index >= 15 is 0 Å². The Kier molecular flexibility index (Phi) is 6.93. The number of rotatable bonds is 5. The van der Waals surface area contributed by atoms with Crippen molar-refractivity contribution in [3.8, 4) is 11.8 Å². The third-order valence-corrected chi connectivity index (χ3v) is 6.33. The maximum Gasteiger partial charge on any atom is 0.416 e. The van der Waals surface area contributed by atoms with Crippen LogP contribution >= 0.6 is 23.2 Å². The van der Waals surface area contributed by atoms with Crippen molar-refractivity contribution >= 4 is 35.1 Å². The van der Waals surface area contributed by atoms with Gasteiger partial charge in [-0.15, -0.1) is 0 Å². The first kappa shape index (κ1) is 28.4. The summed E-state index contributed by atoms with van der Waals surface area (Å²) in [5.74, 6) is -5.57.